The van der Waals surface area contributed by atoms with Gasteiger partial charge in [-0.3, -0.25) is 33.6 Å². The number of rotatable bonds is 81. The fraction of sp³-hybridized carbons (Fsp3) is 0.920. The standard InChI is InChI=1S/C88H168N6O11/c1-6-11-16-21-26-27-28-39-56-77-103-86(100)62-49-41-53-71-93(69-51-38-30-36-48-64-88(102)105-81(59-44-33-24-19-14-9-4)60-45-34-25-20-15-10-5)76-67-90-83(96)79-94(84(97)65-74-91-72-54-55-73-91)78-82(95)89-66-75-92(70-52-40-46-61-85(98)99)68-50-37-29-35-47-63-87(101)104-80(57-42-31-22-17-12-7-2)58-43-32-23-18-13-8-3/h80-81H,6-79H2,1-5H3,(H,89,95)(H,90,96)(H,98,99). The van der Waals surface area contributed by atoms with E-state index in [0.717, 1.165) is 213 Å². The van der Waals surface area contributed by atoms with Crippen LogP contribution < -0.4 is 10.6 Å². The van der Waals surface area contributed by atoms with Gasteiger partial charge >= 0.3 is 23.9 Å². The van der Waals surface area contributed by atoms with Gasteiger partial charge in [0.25, 0.3) is 0 Å². The lowest BCUT2D eigenvalue weighted by molar-refractivity contribution is -0.151. The van der Waals surface area contributed by atoms with Crippen molar-refractivity contribution in [2.45, 2.75) is 432 Å². The molecule has 1 aliphatic rings. The lowest BCUT2D eigenvalue weighted by Gasteiger charge is -2.25. The van der Waals surface area contributed by atoms with Crippen molar-refractivity contribution < 1.29 is 52.9 Å². The maximum Gasteiger partial charge on any atom is 0.306 e. The minimum Gasteiger partial charge on any atom is -0.481 e. The van der Waals surface area contributed by atoms with Crippen LogP contribution >= 0.6 is 0 Å². The zero-order valence-electron chi connectivity index (χ0n) is 69.3. The Morgan fingerprint density at radius 2 is 0.638 bits per heavy atom. The smallest absolute Gasteiger partial charge is 0.306 e. The Morgan fingerprint density at radius 1 is 0.343 bits per heavy atom. The van der Waals surface area contributed by atoms with Crippen molar-refractivity contribution in [1.82, 2.24) is 30.2 Å². The monoisotopic (exact) mass is 1490 g/mol. The molecule has 1 aliphatic heterocycles. The number of nitrogens with zero attached hydrogens (tertiary/aromatic N) is 4. The normalized spacial score (nSPS) is 12.5. The molecule has 0 aromatic rings. The van der Waals surface area contributed by atoms with E-state index >= 15 is 0 Å². The molecule has 0 bridgehead atoms. The number of carboxylic acids is 1. The third-order valence-corrected chi connectivity index (χ3v) is 21.4. The number of aliphatic carboxylic acids is 1. The first-order valence-corrected chi connectivity index (χ1v) is 45.1. The maximum atomic E-state index is 14.0. The predicted molar refractivity (Wildman–Crippen MR) is 436 cm³/mol. The summed E-state index contributed by atoms with van der Waals surface area (Å²) in [4.78, 5) is 100. The molecule has 616 valence electrons. The molecule has 3 amide bonds. The van der Waals surface area contributed by atoms with E-state index in [1.54, 1.807) is 0 Å². The van der Waals surface area contributed by atoms with Crippen LogP contribution in [0.2, 0.25) is 0 Å². The minimum absolute atomic E-state index is 0.0340. The van der Waals surface area contributed by atoms with Crippen molar-refractivity contribution in [1.29, 1.82) is 0 Å². The van der Waals surface area contributed by atoms with Gasteiger partial charge in [-0.05, 0) is 161 Å². The Labute approximate surface area is 645 Å². The average Bonchev–Trinajstić information content (AvgIpc) is 1.91. The van der Waals surface area contributed by atoms with Crippen LogP contribution in [-0.4, -0.2) is 170 Å². The second-order valence-corrected chi connectivity index (χ2v) is 31.5. The summed E-state index contributed by atoms with van der Waals surface area (Å²) in [6, 6.07) is 0. The van der Waals surface area contributed by atoms with Gasteiger partial charge in [0, 0.05) is 64.8 Å². The van der Waals surface area contributed by atoms with E-state index in [9.17, 15) is 38.7 Å². The maximum absolute atomic E-state index is 14.0. The first kappa shape index (κ1) is 99.2. The van der Waals surface area contributed by atoms with Crippen LogP contribution in [0.3, 0.4) is 0 Å². The number of ether oxygens (including phenoxy) is 3. The number of likely N-dealkylation sites (tertiary alicyclic amines) is 1. The Bertz CT molecular complexity index is 2000. The summed E-state index contributed by atoms with van der Waals surface area (Å²) < 4.78 is 17.9. The van der Waals surface area contributed by atoms with Crippen LogP contribution in [-0.2, 0) is 47.8 Å². The minimum atomic E-state index is -0.785. The topological polar surface area (TPSA) is 204 Å². The van der Waals surface area contributed by atoms with Gasteiger partial charge in [0.15, 0.2) is 0 Å². The molecule has 17 nitrogen and oxygen atoms in total. The van der Waals surface area contributed by atoms with Crippen LogP contribution in [0.4, 0.5) is 0 Å². The van der Waals surface area contributed by atoms with Gasteiger partial charge in [0.1, 0.15) is 25.3 Å². The average molecular weight is 1490 g/mol. The molecule has 1 saturated heterocycles. The van der Waals surface area contributed by atoms with Gasteiger partial charge in [-0.1, -0.05) is 266 Å². The van der Waals surface area contributed by atoms with Gasteiger partial charge in [0.05, 0.1) is 6.61 Å². The molecular weight excluding hydrogens is 1320 g/mol. The highest BCUT2D eigenvalue weighted by molar-refractivity contribution is 5.89. The number of carbonyl (C=O) groups excluding carboxylic acids is 6. The van der Waals surface area contributed by atoms with Crippen molar-refractivity contribution >= 4 is 41.6 Å². The molecule has 1 fully saturated rings. The van der Waals surface area contributed by atoms with Crippen LogP contribution in [0.25, 0.3) is 0 Å². The number of hydrogen-bond donors (Lipinski definition) is 3. The molecular formula is C88H168N6O11. The lowest BCUT2D eigenvalue weighted by atomic mass is 10.0. The highest BCUT2D eigenvalue weighted by atomic mass is 16.5. The Kier molecular flexibility index (Phi) is 71.4. The summed E-state index contributed by atoms with van der Waals surface area (Å²) in [5.41, 5.74) is 0. The van der Waals surface area contributed by atoms with Crippen LogP contribution in [0.5, 0.6) is 0 Å². The number of carboxylic acid groups (broad SMARTS) is 1. The molecule has 0 spiro atoms. The van der Waals surface area contributed by atoms with E-state index in [1.807, 2.05) is 0 Å². The second-order valence-electron chi connectivity index (χ2n) is 31.5. The number of esters is 3. The molecule has 0 saturated carbocycles. The molecule has 17 heteroatoms. The third kappa shape index (κ3) is 66.9. The zero-order chi connectivity index (χ0) is 76.4. The third-order valence-electron chi connectivity index (χ3n) is 21.4. The van der Waals surface area contributed by atoms with Crippen molar-refractivity contribution in [3.05, 3.63) is 0 Å². The highest BCUT2D eigenvalue weighted by Crippen LogP contribution is 2.22. The Morgan fingerprint density at radius 3 is 0.990 bits per heavy atom. The van der Waals surface area contributed by atoms with Crippen LogP contribution in [0.15, 0.2) is 0 Å². The van der Waals surface area contributed by atoms with Gasteiger partial charge in [-0.2, -0.15) is 0 Å². The van der Waals surface area contributed by atoms with Gasteiger partial charge in [0.2, 0.25) is 17.7 Å². The largest absolute Gasteiger partial charge is 0.481 e. The number of amides is 3. The number of hydrogen-bond acceptors (Lipinski definition) is 13. The second kappa shape index (κ2) is 75.6. The van der Waals surface area contributed by atoms with Gasteiger partial charge in [-0.15, -0.1) is 0 Å². The molecule has 0 aromatic carbocycles. The molecule has 1 rings (SSSR count). The number of nitrogens with one attached hydrogen (secondary N) is 2. The van der Waals surface area contributed by atoms with Crippen molar-refractivity contribution in [3.8, 4) is 0 Å². The van der Waals surface area contributed by atoms with Crippen LogP contribution in [0, 0.1) is 0 Å². The SMILES string of the molecule is CCCCCCCCCCCOC(=O)CCCCCN(CCCCCCCC(=O)OC(CCCCCCCC)CCCCCCCC)CCNC(=O)CN(CC(=O)NCCN(CCCCCCCC(=O)OC(CCCCCCCC)CCCCCCCC)CCCCCC(=O)O)C(=O)CCN1CCCC1. The van der Waals surface area contributed by atoms with E-state index in [4.69, 9.17) is 14.2 Å². The Hall–Kier alpha value is -3.83. The molecule has 3 N–H and O–H groups in total. The fourth-order valence-corrected chi connectivity index (χ4v) is 14.6. The summed E-state index contributed by atoms with van der Waals surface area (Å²) in [5, 5.41) is 15.4. The van der Waals surface area contributed by atoms with Crippen molar-refractivity contribution in [3.63, 3.8) is 0 Å². The van der Waals surface area contributed by atoms with Gasteiger partial charge < -0.3 is 49.6 Å². The highest BCUT2D eigenvalue weighted by Gasteiger charge is 2.23. The molecule has 1 heterocycles. The van der Waals surface area contributed by atoms with Gasteiger partial charge in [-0.25, -0.2) is 0 Å². The summed E-state index contributed by atoms with van der Waals surface area (Å²) in [6.07, 6.45) is 63.1. The predicted octanol–water partition coefficient (Wildman–Crippen LogP) is 20.9. The summed E-state index contributed by atoms with van der Waals surface area (Å²) in [5.74, 6) is -1.82. The number of unbranched alkanes of at least 4 members (excludes halogenated alkanes) is 40. The molecule has 0 aliphatic carbocycles. The molecule has 0 unspecified atom stereocenters. The van der Waals surface area contributed by atoms with E-state index in [2.05, 4.69) is 60.0 Å². The molecule has 0 atom stereocenters. The quantitative estimate of drug-likeness (QED) is 0.0295. The lowest BCUT2D eigenvalue weighted by Crippen LogP contribution is -2.48. The molecule has 0 aromatic heterocycles. The Balaban J connectivity index is 2.91. The van der Waals surface area contributed by atoms with E-state index < -0.39 is 5.97 Å². The first-order chi connectivity index (χ1) is 51.3. The van der Waals surface area contributed by atoms with E-state index in [-0.39, 0.29) is 73.8 Å². The number of carbonyl (C=O) groups is 7. The van der Waals surface area contributed by atoms with E-state index in [0.29, 0.717) is 65.0 Å². The zero-order valence-corrected chi connectivity index (χ0v) is 69.3. The van der Waals surface area contributed by atoms with Crippen LogP contribution in [0.1, 0.15) is 420 Å². The summed E-state index contributed by atoms with van der Waals surface area (Å²) in [6.45, 7) is 19.1. The first-order valence-electron chi connectivity index (χ1n) is 45.1. The fourth-order valence-electron chi connectivity index (χ4n) is 14.6. The van der Waals surface area contributed by atoms with Crippen molar-refractivity contribution in [2.75, 3.05) is 91.7 Å². The van der Waals surface area contributed by atoms with Crippen molar-refractivity contribution in [2.24, 2.45) is 0 Å². The molecule has 105 heavy (non-hydrogen) atoms. The summed E-state index contributed by atoms with van der Waals surface area (Å²) >= 11 is 0. The summed E-state index contributed by atoms with van der Waals surface area (Å²) in [7, 11) is 0. The van der Waals surface area contributed by atoms with E-state index in [1.165, 1.54) is 178 Å². The molecule has 0 radical (unpaired) electrons.